The van der Waals surface area contributed by atoms with E-state index in [4.69, 9.17) is 11.5 Å². The maximum absolute atomic E-state index is 13.9. The number of primary amides is 1. The molecular weight excluding hydrogens is 301 g/mol. The van der Waals surface area contributed by atoms with E-state index in [2.05, 4.69) is 25.6 Å². The molecule has 0 spiro atoms. The number of nitrogens with two attached hydrogens (primary N) is 2. The van der Waals surface area contributed by atoms with E-state index < -0.39 is 11.7 Å². The number of carbonyl (C=O) groups excluding carboxylic acids is 1. The summed E-state index contributed by atoms with van der Waals surface area (Å²) in [4.78, 5) is 24.0. The number of nitrogens with zero attached hydrogens (tertiary/aromatic N) is 3. The lowest BCUT2D eigenvalue weighted by molar-refractivity contribution is 0.100. The summed E-state index contributed by atoms with van der Waals surface area (Å²) in [6.07, 6.45) is 0. The first-order valence-electron chi connectivity index (χ1n) is 6.94. The van der Waals surface area contributed by atoms with Crippen molar-refractivity contribution in [3.8, 4) is 0 Å². The second-order valence-electron chi connectivity index (χ2n) is 4.89. The van der Waals surface area contributed by atoms with Crippen LogP contribution in [-0.2, 0) is 0 Å². The molecule has 8 nitrogen and oxygen atoms in total. The monoisotopic (exact) mass is 319 g/mol. The van der Waals surface area contributed by atoms with Crippen molar-refractivity contribution in [2.24, 2.45) is 11.5 Å². The summed E-state index contributed by atoms with van der Waals surface area (Å²) >= 11 is 0. The van der Waals surface area contributed by atoms with E-state index in [0.29, 0.717) is 13.1 Å². The molecule has 2 rings (SSSR count). The van der Waals surface area contributed by atoms with Gasteiger partial charge in [0.1, 0.15) is 5.82 Å². The molecule has 122 valence electrons. The van der Waals surface area contributed by atoms with Crippen LogP contribution >= 0.6 is 0 Å². The SMILES string of the molecule is Cc1cc(C)nc(Nc2nc(NCCN)c(F)cc2C(N)=O)n1. The van der Waals surface area contributed by atoms with Gasteiger partial charge in [0.05, 0.1) is 5.56 Å². The van der Waals surface area contributed by atoms with Crippen LogP contribution in [0.5, 0.6) is 0 Å². The van der Waals surface area contributed by atoms with Gasteiger partial charge in [0.2, 0.25) is 5.95 Å². The molecule has 0 aliphatic rings. The molecular formula is C14H18FN7O. The molecule has 0 atom stereocenters. The predicted molar refractivity (Wildman–Crippen MR) is 85.0 cm³/mol. The molecule has 0 bridgehead atoms. The molecule has 0 unspecified atom stereocenters. The van der Waals surface area contributed by atoms with Gasteiger partial charge < -0.3 is 22.1 Å². The maximum Gasteiger partial charge on any atom is 0.252 e. The fraction of sp³-hybridized carbons (Fsp3) is 0.286. The molecule has 2 aromatic heterocycles. The minimum atomic E-state index is -0.811. The van der Waals surface area contributed by atoms with Gasteiger partial charge in [-0.25, -0.2) is 19.3 Å². The molecule has 2 heterocycles. The third-order valence-electron chi connectivity index (χ3n) is 2.89. The number of hydrogen-bond acceptors (Lipinski definition) is 7. The smallest absolute Gasteiger partial charge is 0.252 e. The minimum Gasteiger partial charge on any atom is -0.366 e. The van der Waals surface area contributed by atoms with E-state index in [1.54, 1.807) is 19.9 Å². The summed E-state index contributed by atoms with van der Waals surface area (Å²) in [6.45, 7) is 4.25. The summed E-state index contributed by atoms with van der Waals surface area (Å²) in [5, 5.41) is 5.54. The minimum absolute atomic E-state index is 0.0349. The average molecular weight is 319 g/mol. The Morgan fingerprint density at radius 1 is 1.17 bits per heavy atom. The Labute approximate surface area is 132 Å². The molecule has 0 aliphatic heterocycles. The summed E-state index contributed by atoms with van der Waals surface area (Å²) in [7, 11) is 0. The molecule has 9 heteroatoms. The van der Waals surface area contributed by atoms with E-state index >= 15 is 0 Å². The Kier molecular flexibility index (Phi) is 5.02. The van der Waals surface area contributed by atoms with Crippen LogP contribution in [0.25, 0.3) is 0 Å². The van der Waals surface area contributed by atoms with Crippen molar-refractivity contribution < 1.29 is 9.18 Å². The highest BCUT2D eigenvalue weighted by Gasteiger charge is 2.16. The topological polar surface area (TPSA) is 132 Å². The molecule has 1 amide bonds. The van der Waals surface area contributed by atoms with E-state index in [-0.39, 0.29) is 23.1 Å². The molecule has 0 saturated heterocycles. The molecule has 0 aromatic carbocycles. The van der Waals surface area contributed by atoms with Gasteiger partial charge in [0.15, 0.2) is 11.6 Å². The van der Waals surface area contributed by atoms with E-state index in [9.17, 15) is 9.18 Å². The number of rotatable bonds is 6. The number of pyridine rings is 1. The first-order chi connectivity index (χ1) is 10.9. The second kappa shape index (κ2) is 6.97. The quantitative estimate of drug-likeness (QED) is 0.620. The Bertz CT molecular complexity index is 715. The zero-order valence-electron chi connectivity index (χ0n) is 12.9. The van der Waals surface area contributed by atoms with Crippen molar-refractivity contribution in [1.82, 2.24) is 15.0 Å². The van der Waals surface area contributed by atoms with Crippen LogP contribution in [0.15, 0.2) is 12.1 Å². The van der Waals surface area contributed by atoms with Gasteiger partial charge in [0.25, 0.3) is 5.91 Å². The van der Waals surface area contributed by atoms with Crippen molar-refractivity contribution >= 4 is 23.5 Å². The fourth-order valence-corrected chi connectivity index (χ4v) is 1.97. The number of halogens is 1. The number of aryl methyl sites for hydroxylation is 2. The van der Waals surface area contributed by atoms with Gasteiger partial charge in [0, 0.05) is 24.5 Å². The summed E-state index contributed by atoms with van der Waals surface area (Å²) in [5.41, 5.74) is 12.0. The first kappa shape index (κ1) is 16.6. The van der Waals surface area contributed by atoms with Crippen molar-refractivity contribution in [1.29, 1.82) is 0 Å². The molecule has 0 fully saturated rings. The Hall–Kier alpha value is -2.81. The zero-order valence-corrected chi connectivity index (χ0v) is 12.9. The highest BCUT2D eigenvalue weighted by molar-refractivity contribution is 5.98. The molecule has 6 N–H and O–H groups in total. The molecule has 23 heavy (non-hydrogen) atoms. The lowest BCUT2D eigenvalue weighted by atomic mass is 10.2. The van der Waals surface area contributed by atoms with Crippen molar-refractivity contribution in [2.45, 2.75) is 13.8 Å². The van der Waals surface area contributed by atoms with Gasteiger partial charge in [-0.3, -0.25) is 4.79 Å². The number of hydrogen-bond donors (Lipinski definition) is 4. The molecule has 0 aliphatic carbocycles. The number of amides is 1. The van der Waals surface area contributed by atoms with Crippen LogP contribution in [0.2, 0.25) is 0 Å². The van der Waals surface area contributed by atoms with Crippen LogP contribution in [0, 0.1) is 19.7 Å². The fourth-order valence-electron chi connectivity index (χ4n) is 1.97. The second-order valence-corrected chi connectivity index (χ2v) is 4.89. The number of aromatic nitrogens is 3. The Morgan fingerprint density at radius 3 is 2.39 bits per heavy atom. The van der Waals surface area contributed by atoms with Crippen LogP contribution in [-0.4, -0.2) is 33.9 Å². The van der Waals surface area contributed by atoms with Gasteiger partial charge >= 0.3 is 0 Å². The normalized spacial score (nSPS) is 10.4. The third kappa shape index (κ3) is 4.10. The van der Waals surface area contributed by atoms with E-state index in [1.807, 2.05) is 0 Å². The van der Waals surface area contributed by atoms with Crippen molar-refractivity contribution in [3.63, 3.8) is 0 Å². The lowest BCUT2D eigenvalue weighted by Gasteiger charge is -2.12. The number of carbonyl (C=O) groups is 1. The van der Waals surface area contributed by atoms with Crippen molar-refractivity contribution in [2.75, 3.05) is 23.7 Å². The molecule has 0 saturated carbocycles. The number of nitrogens with one attached hydrogen (secondary N) is 2. The first-order valence-corrected chi connectivity index (χ1v) is 6.94. The standard InChI is InChI=1S/C14H18FN7O/c1-7-5-8(2)20-14(19-7)22-12-9(11(17)23)6-10(15)13(21-12)18-4-3-16/h5-6H,3-4,16H2,1-2H3,(H2,17,23)(H2,18,19,20,21,22). The lowest BCUT2D eigenvalue weighted by Crippen LogP contribution is -2.19. The van der Waals surface area contributed by atoms with Crippen LogP contribution in [0.3, 0.4) is 0 Å². The van der Waals surface area contributed by atoms with Crippen LogP contribution < -0.4 is 22.1 Å². The van der Waals surface area contributed by atoms with Gasteiger partial charge in [-0.1, -0.05) is 0 Å². The van der Waals surface area contributed by atoms with Gasteiger partial charge in [-0.2, -0.15) is 0 Å². The van der Waals surface area contributed by atoms with Gasteiger partial charge in [-0.15, -0.1) is 0 Å². The van der Waals surface area contributed by atoms with Crippen LogP contribution in [0.4, 0.5) is 22.0 Å². The van der Waals surface area contributed by atoms with Gasteiger partial charge in [-0.05, 0) is 26.0 Å². The molecule has 2 aromatic rings. The average Bonchev–Trinajstić information content (AvgIpc) is 2.46. The summed E-state index contributed by atoms with van der Waals surface area (Å²) < 4.78 is 13.9. The predicted octanol–water partition coefficient (Wildman–Crippen LogP) is 0.841. The summed E-state index contributed by atoms with van der Waals surface area (Å²) in [6, 6.07) is 2.81. The maximum atomic E-state index is 13.9. The van der Waals surface area contributed by atoms with Crippen molar-refractivity contribution in [3.05, 3.63) is 34.9 Å². The zero-order chi connectivity index (χ0) is 17.0. The molecule has 0 radical (unpaired) electrons. The summed E-state index contributed by atoms with van der Waals surface area (Å²) in [5.74, 6) is -1.22. The third-order valence-corrected chi connectivity index (χ3v) is 2.89. The van der Waals surface area contributed by atoms with E-state index in [0.717, 1.165) is 17.5 Å². The Balaban J connectivity index is 2.43. The van der Waals surface area contributed by atoms with Crippen LogP contribution in [0.1, 0.15) is 21.7 Å². The van der Waals surface area contributed by atoms with E-state index in [1.165, 1.54) is 0 Å². The highest BCUT2D eigenvalue weighted by Crippen LogP contribution is 2.22. The number of anilines is 3. The largest absolute Gasteiger partial charge is 0.366 e. The Morgan fingerprint density at radius 2 is 1.83 bits per heavy atom. The highest BCUT2D eigenvalue weighted by atomic mass is 19.1.